The lowest BCUT2D eigenvalue weighted by molar-refractivity contribution is 0.0519. The minimum atomic E-state index is -0.302. The van der Waals surface area contributed by atoms with Gasteiger partial charge in [-0.25, -0.2) is 4.79 Å². The SMILES string of the molecule is CCOC(=O)c1[nH]c(I)c(Br)c1C. The molecule has 0 radical (unpaired) electrons. The van der Waals surface area contributed by atoms with Crippen LogP contribution in [0.2, 0.25) is 0 Å². The predicted octanol–water partition coefficient (Wildman–Crippen LogP) is 2.87. The topological polar surface area (TPSA) is 42.1 Å². The molecule has 1 aromatic heterocycles. The van der Waals surface area contributed by atoms with Crippen molar-refractivity contribution < 1.29 is 9.53 Å². The Morgan fingerprint density at radius 2 is 2.31 bits per heavy atom. The zero-order valence-corrected chi connectivity index (χ0v) is 11.0. The van der Waals surface area contributed by atoms with Crippen LogP contribution in [0.1, 0.15) is 23.0 Å². The second-order valence-electron chi connectivity index (χ2n) is 2.47. The second-order valence-corrected chi connectivity index (χ2v) is 4.35. The van der Waals surface area contributed by atoms with E-state index >= 15 is 0 Å². The summed E-state index contributed by atoms with van der Waals surface area (Å²) in [7, 11) is 0. The van der Waals surface area contributed by atoms with E-state index in [0.717, 1.165) is 13.7 Å². The molecular weight excluding hydrogens is 349 g/mol. The number of H-pyrrole nitrogens is 1. The van der Waals surface area contributed by atoms with Crippen LogP contribution in [0.5, 0.6) is 0 Å². The summed E-state index contributed by atoms with van der Waals surface area (Å²) >= 11 is 5.50. The van der Waals surface area contributed by atoms with Gasteiger partial charge in [-0.2, -0.15) is 0 Å². The van der Waals surface area contributed by atoms with E-state index in [1.807, 2.05) is 6.92 Å². The third-order valence-corrected chi connectivity index (χ3v) is 4.15. The van der Waals surface area contributed by atoms with E-state index in [9.17, 15) is 4.79 Å². The molecule has 0 bridgehead atoms. The fourth-order valence-electron chi connectivity index (χ4n) is 0.940. The maximum Gasteiger partial charge on any atom is 0.355 e. The quantitative estimate of drug-likeness (QED) is 0.653. The molecule has 0 atom stereocenters. The molecule has 0 aliphatic carbocycles. The number of carbonyl (C=O) groups is 1. The summed E-state index contributed by atoms with van der Waals surface area (Å²) in [6.45, 7) is 4.05. The zero-order chi connectivity index (χ0) is 10.0. The summed E-state index contributed by atoms with van der Waals surface area (Å²) in [5.41, 5.74) is 1.42. The molecular formula is C8H9BrINO2. The van der Waals surface area contributed by atoms with E-state index < -0.39 is 0 Å². The van der Waals surface area contributed by atoms with Crippen LogP contribution in [0, 0.1) is 10.6 Å². The fourth-order valence-corrected chi connectivity index (χ4v) is 1.91. The molecule has 0 saturated heterocycles. The molecule has 0 unspecified atom stereocenters. The Morgan fingerprint density at radius 3 is 2.69 bits per heavy atom. The first-order chi connectivity index (χ1) is 6.07. The van der Waals surface area contributed by atoms with Gasteiger partial charge in [-0.05, 0) is 57.9 Å². The van der Waals surface area contributed by atoms with Gasteiger partial charge in [0.1, 0.15) is 5.69 Å². The molecule has 0 saturated carbocycles. The first kappa shape index (κ1) is 11.0. The van der Waals surface area contributed by atoms with Crippen LogP contribution in [0.3, 0.4) is 0 Å². The molecule has 1 aromatic rings. The Hall–Kier alpha value is -0.0400. The minimum absolute atomic E-state index is 0.302. The van der Waals surface area contributed by atoms with Gasteiger partial charge in [0, 0.05) is 0 Å². The van der Waals surface area contributed by atoms with E-state index in [1.165, 1.54) is 0 Å². The number of aromatic amines is 1. The van der Waals surface area contributed by atoms with Crippen LogP contribution < -0.4 is 0 Å². The summed E-state index contributed by atoms with van der Waals surface area (Å²) in [5.74, 6) is -0.302. The van der Waals surface area contributed by atoms with Crippen LogP contribution >= 0.6 is 38.5 Å². The van der Waals surface area contributed by atoms with Gasteiger partial charge in [-0.1, -0.05) is 0 Å². The van der Waals surface area contributed by atoms with Crippen molar-refractivity contribution in [3.05, 3.63) is 19.4 Å². The smallest absolute Gasteiger partial charge is 0.355 e. The van der Waals surface area contributed by atoms with Gasteiger partial charge in [-0.3, -0.25) is 0 Å². The molecule has 3 nitrogen and oxygen atoms in total. The average molecular weight is 358 g/mol. The van der Waals surface area contributed by atoms with Gasteiger partial charge in [0.25, 0.3) is 0 Å². The standard InChI is InChI=1S/C8H9BrINO2/c1-3-13-8(12)6-4(2)5(9)7(10)11-6/h11H,3H2,1-2H3. The molecule has 0 fully saturated rings. The monoisotopic (exact) mass is 357 g/mol. The second kappa shape index (κ2) is 4.45. The average Bonchev–Trinajstić information content (AvgIpc) is 2.33. The van der Waals surface area contributed by atoms with Gasteiger partial charge in [0.15, 0.2) is 0 Å². The van der Waals surface area contributed by atoms with Crippen molar-refractivity contribution in [1.82, 2.24) is 4.98 Å². The molecule has 72 valence electrons. The van der Waals surface area contributed by atoms with Crippen LogP contribution in [-0.4, -0.2) is 17.6 Å². The Kier molecular flexibility index (Phi) is 3.78. The van der Waals surface area contributed by atoms with E-state index in [2.05, 4.69) is 43.5 Å². The number of carbonyl (C=O) groups excluding carboxylic acids is 1. The highest BCUT2D eigenvalue weighted by molar-refractivity contribution is 14.1. The first-order valence-electron chi connectivity index (χ1n) is 3.78. The van der Waals surface area contributed by atoms with Gasteiger partial charge < -0.3 is 9.72 Å². The van der Waals surface area contributed by atoms with Crippen molar-refractivity contribution in [3.8, 4) is 0 Å². The van der Waals surface area contributed by atoms with Crippen molar-refractivity contribution in [3.63, 3.8) is 0 Å². The Morgan fingerprint density at radius 1 is 1.69 bits per heavy atom. The summed E-state index contributed by atoms with van der Waals surface area (Å²) in [4.78, 5) is 14.3. The van der Waals surface area contributed by atoms with Gasteiger partial charge in [0.05, 0.1) is 14.8 Å². The molecule has 0 aliphatic heterocycles. The van der Waals surface area contributed by atoms with Crippen molar-refractivity contribution in [1.29, 1.82) is 0 Å². The fraction of sp³-hybridized carbons (Fsp3) is 0.375. The Labute approximate surface area is 98.5 Å². The number of hydrogen-bond donors (Lipinski definition) is 1. The van der Waals surface area contributed by atoms with E-state index in [0.29, 0.717) is 12.3 Å². The molecule has 0 aliphatic rings. The molecule has 1 N–H and O–H groups in total. The first-order valence-corrected chi connectivity index (χ1v) is 5.65. The number of nitrogens with one attached hydrogen (secondary N) is 1. The van der Waals surface area contributed by atoms with E-state index in [4.69, 9.17) is 4.74 Å². The summed E-state index contributed by atoms with van der Waals surface area (Å²) in [5, 5.41) is 0. The van der Waals surface area contributed by atoms with Gasteiger partial charge in [-0.15, -0.1) is 0 Å². The maximum absolute atomic E-state index is 11.4. The number of ether oxygens (including phenoxy) is 1. The third kappa shape index (κ3) is 2.25. The molecule has 0 spiro atoms. The van der Waals surface area contributed by atoms with E-state index in [1.54, 1.807) is 6.92 Å². The number of aromatic nitrogens is 1. The zero-order valence-electron chi connectivity index (χ0n) is 7.28. The lowest BCUT2D eigenvalue weighted by Gasteiger charge is -1.99. The highest BCUT2D eigenvalue weighted by Crippen LogP contribution is 2.25. The number of halogens is 2. The number of rotatable bonds is 2. The van der Waals surface area contributed by atoms with Crippen LogP contribution in [-0.2, 0) is 4.74 Å². The highest BCUT2D eigenvalue weighted by Gasteiger charge is 2.16. The Bertz CT molecular complexity index is 335. The van der Waals surface area contributed by atoms with Crippen molar-refractivity contribution in [2.24, 2.45) is 0 Å². The molecule has 5 heteroatoms. The Balaban J connectivity index is 3.01. The molecule has 1 heterocycles. The third-order valence-electron chi connectivity index (χ3n) is 1.61. The van der Waals surface area contributed by atoms with E-state index in [-0.39, 0.29) is 5.97 Å². The van der Waals surface area contributed by atoms with Crippen molar-refractivity contribution in [2.45, 2.75) is 13.8 Å². The molecule has 1 rings (SSSR count). The largest absolute Gasteiger partial charge is 0.461 e. The number of esters is 1. The normalized spacial score (nSPS) is 10.2. The van der Waals surface area contributed by atoms with Gasteiger partial charge in [0.2, 0.25) is 0 Å². The summed E-state index contributed by atoms with van der Waals surface area (Å²) in [6, 6.07) is 0. The molecule has 0 aromatic carbocycles. The van der Waals surface area contributed by atoms with Crippen molar-refractivity contribution in [2.75, 3.05) is 6.61 Å². The lowest BCUT2D eigenvalue weighted by atomic mass is 10.3. The van der Waals surface area contributed by atoms with Crippen LogP contribution in [0.25, 0.3) is 0 Å². The van der Waals surface area contributed by atoms with Crippen molar-refractivity contribution >= 4 is 44.5 Å². The summed E-state index contributed by atoms with van der Waals surface area (Å²) in [6.07, 6.45) is 0. The van der Waals surface area contributed by atoms with Crippen LogP contribution in [0.4, 0.5) is 0 Å². The number of hydrogen-bond acceptors (Lipinski definition) is 2. The minimum Gasteiger partial charge on any atom is -0.461 e. The highest BCUT2D eigenvalue weighted by atomic mass is 127. The molecule has 0 amide bonds. The summed E-state index contributed by atoms with van der Waals surface area (Å²) < 4.78 is 6.72. The maximum atomic E-state index is 11.4. The van der Waals surface area contributed by atoms with Gasteiger partial charge >= 0.3 is 5.97 Å². The molecule has 13 heavy (non-hydrogen) atoms. The predicted molar refractivity (Wildman–Crippen MR) is 61.9 cm³/mol. The lowest BCUT2D eigenvalue weighted by Crippen LogP contribution is -2.06. The van der Waals surface area contributed by atoms with Crippen LogP contribution in [0.15, 0.2) is 4.47 Å².